The second kappa shape index (κ2) is 11.7. The van der Waals surface area contributed by atoms with Gasteiger partial charge in [0.1, 0.15) is 11.4 Å². The zero-order valence-electron chi connectivity index (χ0n) is 22.8. The number of nitrogens with two attached hydrogens (primary N) is 2. The van der Waals surface area contributed by atoms with E-state index in [-0.39, 0.29) is 11.6 Å². The van der Waals surface area contributed by atoms with Gasteiger partial charge in [0.25, 0.3) is 11.8 Å². The number of aromatic nitrogens is 2. The first kappa shape index (κ1) is 27.1. The van der Waals surface area contributed by atoms with Crippen molar-refractivity contribution in [3.05, 3.63) is 95.3 Å². The molecule has 5 rings (SSSR count). The molecule has 0 saturated heterocycles. The van der Waals surface area contributed by atoms with Crippen LogP contribution in [0, 0.1) is 0 Å². The van der Waals surface area contributed by atoms with E-state index in [1.165, 1.54) is 10.2 Å². The van der Waals surface area contributed by atoms with Crippen LogP contribution in [0.2, 0.25) is 0 Å². The maximum Gasteiger partial charge on any atom is 0.277 e. The van der Waals surface area contributed by atoms with Gasteiger partial charge in [0.05, 0.1) is 12.8 Å². The summed E-state index contributed by atoms with van der Waals surface area (Å²) in [7, 11) is 3.69. The topological polar surface area (TPSA) is 120 Å². The first-order chi connectivity index (χ1) is 19.4. The fourth-order valence-electron chi connectivity index (χ4n) is 5.21. The third-order valence-corrected chi connectivity index (χ3v) is 7.26. The standard InChI is InChI=1S/C31H34N6O3/c1-35(18-5-17-32)20-22-6-3-4-7-26(22)21-8-10-23(11-9-21)36-19-16-27-28(30(33)38)34-37(29(27)31(36)39)24-12-14-25(40-2)15-13-24/h3-4,6-15H,5,16-20,32H2,1-2H3,(H2,33,38). The van der Waals surface area contributed by atoms with E-state index in [9.17, 15) is 9.59 Å². The zero-order valence-corrected chi connectivity index (χ0v) is 22.8. The van der Waals surface area contributed by atoms with Crippen molar-refractivity contribution in [2.75, 3.05) is 38.7 Å². The molecule has 1 aliphatic rings. The number of amides is 2. The predicted octanol–water partition coefficient (Wildman–Crippen LogP) is 3.63. The maximum absolute atomic E-state index is 13.9. The molecule has 0 spiro atoms. The first-order valence-corrected chi connectivity index (χ1v) is 13.4. The van der Waals surface area contributed by atoms with Gasteiger partial charge in [-0.1, -0.05) is 36.4 Å². The smallest absolute Gasteiger partial charge is 0.277 e. The molecule has 1 aliphatic heterocycles. The lowest BCUT2D eigenvalue weighted by Gasteiger charge is -2.28. The number of fused-ring (bicyclic) bond motifs is 1. The Morgan fingerprint density at radius 1 is 1.02 bits per heavy atom. The normalized spacial score (nSPS) is 13.0. The summed E-state index contributed by atoms with van der Waals surface area (Å²) in [6, 6.07) is 23.6. The molecule has 0 atom stereocenters. The van der Waals surface area contributed by atoms with Crippen molar-refractivity contribution in [1.82, 2.24) is 14.7 Å². The number of hydrogen-bond acceptors (Lipinski definition) is 6. The van der Waals surface area contributed by atoms with Crippen LogP contribution in [0.4, 0.5) is 5.69 Å². The van der Waals surface area contributed by atoms with Gasteiger partial charge in [-0.25, -0.2) is 4.68 Å². The van der Waals surface area contributed by atoms with Gasteiger partial charge < -0.3 is 26.0 Å². The molecule has 1 aromatic heterocycles. The summed E-state index contributed by atoms with van der Waals surface area (Å²) in [6.07, 6.45) is 1.42. The van der Waals surface area contributed by atoms with Gasteiger partial charge in [-0.2, -0.15) is 5.10 Å². The van der Waals surface area contributed by atoms with Crippen LogP contribution in [-0.4, -0.2) is 60.3 Å². The van der Waals surface area contributed by atoms with E-state index in [1.807, 2.05) is 30.3 Å². The molecule has 2 amide bonds. The first-order valence-electron chi connectivity index (χ1n) is 13.4. The summed E-state index contributed by atoms with van der Waals surface area (Å²) in [5, 5.41) is 4.44. The van der Waals surface area contributed by atoms with E-state index in [0.29, 0.717) is 42.2 Å². The van der Waals surface area contributed by atoms with Crippen molar-refractivity contribution in [3.63, 3.8) is 0 Å². The molecular formula is C31H34N6O3. The lowest BCUT2D eigenvalue weighted by molar-refractivity contribution is 0.0972. The third kappa shape index (κ3) is 5.34. The molecule has 3 aromatic carbocycles. The molecule has 0 saturated carbocycles. The number of carbonyl (C=O) groups is 2. The molecule has 9 nitrogen and oxygen atoms in total. The van der Waals surface area contributed by atoms with Gasteiger partial charge in [0.15, 0.2) is 5.69 Å². The highest BCUT2D eigenvalue weighted by atomic mass is 16.5. The number of primary amides is 1. The van der Waals surface area contributed by atoms with Crippen LogP contribution in [0.15, 0.2) is 72.8 Å². The van der Waals surface area contributed by atoms with Crippen molar-refractivity contribution in [3.8, 4) is 22.6 Å². The van der Waals surface area contributed by atoms with Crippen LogP contribution in [-0.2, 0) is 13.0 Å². The number of methoxy groups -OCH3 is 1. The number of anilines is 1. The van der Waals surface area contributed by atoms with E-state index in [1.54, 1.807) is 36.3 Å². The summed E-state index contributed by atoms with van der Waals surface area (Å²) in [5.41, 5.74) is 17.3. The summed E-state index contributed by atoms with van der Waals surface area (Å²) >= 11 is 0. The Bertz CT molecular complexity index is 1510. The van der Waals surface area contributed by atoms with Crippen molar-refractivity contribution in [1.29, 1.82) is 0 Å². The van der Waals surface area contributed by atoms with Crippen LogP contribution in [0.1, 0.15) is 38.5 Å². The van der Waals surface area contributed by atoms with Gasteiger partial charge in [0, 0.05) is 24.3 Å². The molecule has 206 valence electrons. The second-order valence-corrected chi connectivity index (χ2v) is 9.94. The van der Waals surface area contributed by atoms with Crippen molar-refractivity contribution in [2.45, 2.75) is 19.4 Å². The minimum absolute atomic E-state index is 0.127. The molecule has 9 heteroatoms. The third-order valence-electron chi connectivity index (χ3n) is 7.26. The van der Waals surface area contributed by atoms with Gasteiger partial charge in [-0.05, 0) is 86.1 Å². The fourth-order valence-corrected chi connectivity index (χ4v) is 5.21. The van der Waals surface area contributed by atoms with Gasteiger partial charge >= 0.3 is 0 Å². The van der Waals surface area contributed by atoms with Gasteiger partial charge in [0.2, 0.25) is 0 Å². The van der Waals surface area contributed by atoms with E-state index in [4.69, 9.17) is 16.2 Å². The Morgan fingerprint density at radius 3 is 2.40 bits per heavy atom. The Balaban J connectivity index is 1.44. The van der Waals surface area contributed by atoms with Crippen LogP contribution < -0.4 is 21.1 Å². The number of rotatable bonds is 10. The number of benzene rings is 3. The molecule has 0 radical (unpaired) electrons. The van der Waals surface area contributed by atoms with Gasteiger partial charge in [-0.15, -0.1) is 0 Å². The zero-order chi connectivity index (χ0) is 28.2. The van der Waals surface area contributed by atoms with E-state index in [2.05, 4.69) is 35.2 Å². The maximum atomic E-state index is 13.9. The average Bonchev–Trinajstić information content (AvgIpc) is 3.38. The summed E-state index contributed by atoms with van der Waals surface area (Å²) in [5.74, 6) is -0.204. The molecule has 0 fully saturated rings. The highest BCUT2D eigenvalue weighted by molar-refractivity contribution is 6.09. The van der Waals surface area contributed by atoms with Crippen molar-refractivity contribution < 1.29 is 14.3 Å². The Hall–Kier alpha value is -4.47. The number of hydrogen-bond donors (Lipinski definition) is 2. The number of carbonyl (C=O) groups excluding carboxylic acids is 2. The van der Waals surface area contributed by atoms with Crippen LogP contribution >= 0.6 is 0 Å². The molecular weight excluding hydrogens is 504 g/mol. The highest BCUT2D eigenvalue weighted by Gasteiger charge is 2.34. The fraction of sp³-hybridized carbons (Fsp3) is 0.258. The Labute approximate surface area is 233 Å². The second-order valence-electron chi connectivity index (χ2n) is 9.94. The predicted molar refractivity (Wildman–Crippen MR) is 156 cm³/mol. The minimum Gasteiger partial charge on any atom is -0.497 e. The highest BCUT2D eigenvalue weighted by Crippen LogP contribution is 2.31. The minimum atomic E-state index is -0.651. The SMILES string of the molecule is COc1ccc(-n2nc(C(N)=O)c3c2C(=O)N(c2ccc(-c4ccccc4CN(C)CCCN)cc2)CC3)cc1. The quantitative estimate of drug-likeness (QED) is 0.318. The molecule has 0 unspecified atom stereocenters. The van der Waals surface area contributed by atoms with Crippen LogP contribution in [0.25, 0.3) is 16.8 Å². The largest absolute Gasteiger partial charge is 0.497 e. The van der Waals surface area contributed by atoms with Crippen molar-refractivity contribution in [2.24, 2.45) is 11.5 Å². The summed E-state index contributed by atoms with van der Waals surface area (Å²) in [6.45, 7) is 2.85. The van der Waals surface area contributed by atoms with Crippen LogP contribution in [0.3, 0.4) is 0 Å². The van der Waals surface area contributed by atoms with Crippen LogP contribution in [0.5, 0.6) is 5.75 Å². The monoisotopic (exact) mass is 538 g/mol. The summed E-state index contributed by atoms with van der Waals surface area (Å²) in [4.78, 5) is 30.0. The molecule has 4 N–H and O–H groups in total. The number of ether oxygens (including phenoxy) is 1. The summed E-state index contributed by atoms with van der Waals surface area (Å²) < 4.78 is 6.76. The van der Waals surface area contributed by atoms with Gasteiger partial charge in [-0.3, -0.25) is 9.59 Å². The lowest BCUT2D eigenvalue weighted by atomic mass is 9.98. The van der Waals surface area contributed by atoms with E-state index >= 15 is 0 Å². The van der Waals surface area contributed by atoms with Crippen molar-refractivity contribution >= 4 is 17.5 Å². The molecule has 2 heterocycles. The molecule has 4 aromatic rings. The van der Waals surface area contributed by atoms with E-state index in [0.717, 1.165) is 36.3 Å². The number of nitrogens with zero attached hydrogens (tertiary/aromatic N) is 4. The molecule has 0 aliphatic carbocycles. The lowest BCUT2D eigenvalue weighted by Crippen LogP contribution is -2.39. The molecule has 0 bridgehead atoms. The average molecular weight is 539 g/mol. The Morgan fingerprint density at radius 2 is 1.73 bits per heavy atom. The molecule has 40 heavy (non-hydrogen) atoms. The van der Waals surface area contributed by atoms with E-state index < -0.39 is 5.91 Å². The Kier molecular flexibility index (Phi) is 7.95.